The van der Waals surface area contributed by atoms with Crippen molar-refractivity contribution in [1.82, 2.24) is 9.97 Å². The molecular weight excluding hydrogens is 268 g/mol. The van der Waals surface area contributed by atoms with Crippen LogP contribution >= 0.6 is 0 Å². The zero-order valence-electron chi connectivity index (χ0n) is 10.7. The Labute approximate surface area is 119 Å². The van der Waals surface area contributed by atoms with Crippen LogP contribution in [-0.2, 0) is 0 Å². The second-order valence-electron chi connectivity index (χ2n) is 4.36. The van der Waals surface area contributed by atoms with Crippen LogP contribution in [0.25, 0.3) is 10.9 Å². The molecule has 0 saturated heterocycles. The summed E-state index contributed by atoms with van der Waals surface area (Å²) in [5.74, 6) is -0.296. The molecule has 100 valence electrons. The molecule has 6 heteroatoms. The summed E-state index contributed by atoms with van der Waals surface area (Å²) in [5, 5.41) is 21.5. The van der Waals surface area contributed by atoms with E-state index in [0.29, 0.717) is 21.2 Å². The third-order valence-electron chi connectivity index (χ3n) is 3.06. The Morgan fingerprint density at radius 2 is 2.00 bits per heavy atom. The predicted molar refractivity (Wildman–Crippen MR) is 73.1 cm³/mol. The molecule has 0 spiro atoms. The Bertz CT molecular complexity index is 885. The molecule has 6 nitrogen and oxygen atoms in total. The molecule has 2 heterocycles. The molecule has 0 radical (unpaired) electrons. The molecule has 0 aliphatic rings. The molecule has 3 rings (SSSR count). The van der Waals surface area contributed by atoms with Gasteiger partial charge in [0.25, 0.3) is 0 Å². The van der Waals surface area contributed by atoms with Crippen molar-refractivity contribution in [2.24, 2.45) is 0 Å². The van der Waals surface area contributed by atoms with Crippen molar-refractivity contribution in [2.75, 3.05) is 0 Å². The van der Waals surface area contributed by atoms with Crippen LogP contribution in [0, 0.1) is 16.5 Å². The number of hydrogen-bond acceptors (Lipinski definition) is 5. The lowest BCUT2D eigenvalue weighted by atomic mass is 10.0. The second-order valence-corrected chi connectivity index (χ2v) is 4.36. The number of ketones is 1. The van der Waals surface area contributed by atoms with E-state index in [1.807, 2.05) is 6.07 Å². The SMILES string of the molecule is N#Cc1cc(C(=O)c2cncnc2)cc2ccc[n+]([O-])c12. The van der Waals surface area contributed by atoms with Gasteiger partial charge in [-0.15, -0.1) is 0 Å². The number of pyridine rings is 1. The molecule has 0 atom stereocenters. The molecule has 1 aromatic carbocycles. The minimum absolute atomic E-state index is 0.156. The van der Waals surface area contributed by atoms with Gasteiger partial charge in [-0.2, -0.15) is 9.99 Å². The highest BCUT2D eigenvalue weighted by Gasteiger charge is 2.16. The van der Waals surface area contributed by atoms with E-state index in [0.717, 1.165) is 0 Å². The van der Waals surface area contributed by atoms with Crippen LogP contribution in [0.2, 0.25) is 0 Å². The fraction of sp³-hybridized carbons (Fsp3) is 0. The van der Waals surface area contributed by atoms with Crippen LogP contribution in [0.1, 0.15) is 21.5 Å². The average molecular weight is 276 g/mol. The molecule has 2 aromatic heterocycles. The maximum absolute atomic E-state index is 12.4. The third kappa shape index (κ3) is 2.17. The first-order valence-corrected chi connectivity index (χ1v) is 6.06. The van der Waals surface area contributed by atoms with Crippen LogP contribution in [0.3, 0.4) is 0 Å². The van der Waals surface area contributed by atoms with Gasteiger partial charge in [-0.1, -0.05) is 0 Å². The summed E-state index contributed by atoms with van der Waals surface area (Å²) in [6.07, 6.45) is 5.46. The lowest BCUT2D eigenvalue weighted by Crippen LogP contribution is -2.27. The minimum atomic E-state index is -0.296. The lowest BCUT2D eigenvalue weighted by molar-refractivity contribution is -0.577. The van der Waals surface area contributed by atoms with Gasteiger partial charge in [0.2, 0.25) is 5.52 Å². The summed E-state index contributed by atoms with van der Waals surface area (Å²) in [5.41, 5.74) is 1.05. The summed E-state index contributed by atoms with van der Waals surface area (Å²) in [4.78, 5) is 20.0. The van der Waals surface area contributed by atoms with Crippen molar-refractivity contribution in [1.29, 1.82) is 5.26 Å². The fourth-order valence-corrected chi connectivity index (χ4v) is 2.13. The molecular formula is C15H8N4O2. The van der Waals surface area contributed by atoms with Crippen molar-refractivity contribution in [3.63, 3.8) is 0 Å². The molecule has 0 aliphatic carbocycles. The van der Waals surface area contributed by atoms with Crippen LogP contribution in [0.15, 0.2) is 49.2 Å². The predicted octanol–water partition coefficient (Wildman–Crippen LogP) is 1.37. The molecule has 0 bridgehead atoms. The Balaban J connectivity index is 2.22. The summed E-state index contributed by atoms with van der Waals surface area (Å²) in [7, 11) is 0. The van der Waals surface area contributed by atoms with Crippen molar-refractivity contribution >= 4 is 16.7 Å². The lowest BCUT2D eigenvalue weighted by Gasteiger charge is -2.05. The quantitative estimate of drug-likeness (QED) is 0.400. The number of nitriles is 1. The van der Waals surface area contributed by atoms with E-state index in [1.165, 1.54) is 31.0 Å². The van der Waals surface area contributed by atoms with Crippen molar-refractivity contribution < 1.29 is 9.52 Å². The normalized spacial score (nSPS) is 10.2. The number of benzene rings is 1. The maximum Gasteiger partial charge on any atom is 0.241 e. The largest absolute Gasteiger partial charge is 0.618 e. The van der Waals surface area contributed by atoms with Gasteiger partial charge < -0.3 is 5.21 Å². The number of fused-ring (bicyclic) bond motifs is 1. The van der Waals surface area contributed by atoms with Gasteiger partial charge in [-0.25, -0.2) is 9.97 Å². The Morgan fingerprint density at radius 3 is 2.71 bits per heavy atom. The number of carbonyl (C=O) groups is 1. The average Bonchev–Trinajstić information content (AvgIpc) is 2.54. The van der Waals surface area contributed by atoms with Gasteiger partial charge in [-0.05, 0) is 18.2 Å². The first-order chi connectivity index (χ1) is 10.2. The Kier molecular flexibility index (Phi) is 3.01. The van der Waals surface area contributed by atoms with Gasteiger partial charge in [0, 0.05) is 29.4 Å². The second kappa shape index (κ2) is 4.98. The zero-order valence-corrected chi connectivity index (χ0v) is 10.7. The number of carbonyl (C=O) groups excluding carboxylic acids is 1. The van der Waals surface area contributed by atoms with Crippen LogP contribution in [-0.4, -0.2) is 15.8 Å². The molecule has 0 fully saturated rings. The molecule has 0 saturated carbocycles. The number of nitrogens with zero attached hydrogens (tertiary/aromatic N) is 4. The smallest absolute Gasteiger partial charge is 0.241 e. The van der Waals surface area contributed by atoms with Gasteiger partial charge in [-0.3, -0.25) is 4.79 Å². The monoisotopic (exact) mass is 276 g/mol. The van der Waals surface area contributed by atoms with Gasteiger partial charge in [0.15, 0.2) is 12.0 Å². The maximum atomic E-state index is 12.4. The topological polar surface area (TPSA) is 93.6 Å². The Hall–Kier alpha value is -3.33. The van der Waals surface area contributed by atoms with Gasteiger partial charge >= 0.3 is 0 Å². The summed E-state index contributed by atoms with van der Waals surface area (Å²) in [6, 6.07) is 8.19. The Morgan fingerprint density at radius 1 is 1.24 bits per heavy atom. The molecule has 0 aliphatic heterocycles. The van der Waals surface area contributed by atoms with Crippen molar-refractivity contribution in [2.45, 2.75) is 0 Å². The van der Waals surface area contributed by atoms with E-state index in [1.54, 1.807) is 18.2 Å². The van der Waals surface area contributed by atoms with Crippen molar-refractivity contribution in [3.05, 3.63) is 71.1 Å². The van der Waals surface area contributed by atoms with E-state index in [-0.39, 0.29) is 16.9 Å². The molecule has 21 heavy (non-hydrogen) atoms. The van der Waals surface area contributed by atoms with E-state index in [9.17, 15) is 15.3 Å². The fourth-order valence-electron chi connectivity index (χ4n) is 2.13. The van der Waals surface area contributed by atoms with Gasteiger partial charge in [0.05, 0.1) is 5.56 Å². The van der Waals surface area contributed by atoms with E-state index >= 15 is 0 Å². The highest BCUT2D eigenvalue weighted by atomic mass is 16.5. The number of rotatable bonds is 2. The van der Waals surface area contributed by atoms with E-state index in [2.05, 4.69) is 9.97 Å². The summed E-state index contributed by atoms with van der Waals surface area (Å²) in [6.45, 7) is 0. The standard InChI is InChI=1S/C15H8N4O2/c16-6-12-5-11(15(20)13-7-17-9-18-8-13)4-10-2-1-3-19(21)14(10)12/h1-5,7-9H. The first-order valence-electron chi connectivity index (χ1n) is 6.06. The number of hydrogen-bond donors (Lipinski definition) is 0. The highest BCUT2D eigenvalue weighted by molar-refractivity contribution is 6.10. The minimum Gasteiger partial charge on any atom is -0.618 e. The van der Waals surface area contributed by atoms with Crippen LogP contribution < -0.4 is 4.73 Å². The molecule has 0 N–H and O–H groups in total. The summed E-state index contributed by atoms with van der Waals surface area (Å²) < 4.78 is 0.619. The van der Waals surface area contributed by atoms with Gasteiger partial charge in [0.1, 0.15) is 18.0 Å². The summed E-state index contributed by atoms with van der Waals surface area (Å²) >= 11 is 0. The van der Waals surface area contributed by atoms with Crippen molar-refractivity contribution in [3.8, 4) is 6.07 Å². The first kappa shape index (κ1) is 12.7. The molecule has 0 unspecified atom stereocenters. The molecule has 0 amide bonds. The number of aromatic nitrogens is 3. The van der Waals surface area contributed by atoms with Crippen LogP contribution in [0.4, 0.5) is 0 Å². The zero-order chi connectivity index (χ0) is 14.8. The van der Waals surface area contributed by atoms with E-state index < -0.39 is 0 Å². The highest BCUT2D eigenvalue weighted by Crippen LogP contribution is 2.19. The van der Waals surface area contributed by atoms with E-state index in [4.69, 9.17) is 0 Å². The molecule has 3 aromatic rings. The van der Waals surface area contributed by atoms with Crippen LogP contribution in [0.5, 0.6) is 0 Å². The third-order valence-corrected chi connectivity index (χ3v) is 3.06.